The van der Waals surface area contributed by atoms with Crippen molar-refractivity contribution in [1.29, 1.82) is 5.26 Å². The summed E-state index contributed by atoms with van der Waals surface area (Å²) >= 11 is 1.69. The molecule has 0 radical (unpaired) electrons. The second-order valence-corrected chi connectivity index (χ2v) is 4.72. The molecule has 0 atom stereocenters. The van der Waals surface area contributed by atoms with Gasteiger partial charge in [0, 0.05) is 4.90 Å². The van der Waals surface area contributed by atoms with Crippen molar-refractivity contribution in [1.82, 2.24) is 0 Å². The number of nitriles is 1. The number of para-hydroxylation sites is 1. The van der Waals surface area contributed by atoms with Crippen LogP contribution in [0.2, 0.25) is 0 Å². The zero-order chi connectivity index (χ0) is 13.0. The highest BCUT2D eigenvalue weighted by Gasteiger charge is 2.07. The third kappa shape index (κ3) is 2.66. The molecule has 2 aromatic rings. The highest BCUT2D eigenvalue weighted by Crippen LogP contribution is 2.29. The quantitative estimate of drug-likeness (QED) is 0.763. The SMILES string of the molecule is CSc1ccc(Oc2c(C)cccc2C#N)cc1. The smallest absolute Gasteiger partial charge is 0.148 e. The van der Waals surface area contributed by atoms with Gasteiger partial charge in [-0.05, 0) is 49.1 Å². The Labute approximate surface area is 111 Å². The monoisotopic (exact) mass is 255 g/mol. The molecule has 0 aliphatic heterocycles. The molecule has 2 nitrogen and oxygen atoms in total. The van der Waals surface area contributed by atoms with Crippen LogP contribution in [0.15, 0.2) is 47.4 Å². The van der Waals surface area contributed by atoms with Crippen molar-refractivity contribution in [3.8, 4) is 17.6 Å². The fourth-order valence-corrected chi connectivity index (χ4v) is 2.05. The first-order chi connectivity index (χ1) is 8.74. The summed E-state index contributed by atoms with van der Waals surface area (Å²) in [4.78, 5) is 1.19. The summed E-state index contributed by atoms with van der Waals surface area (Å²) in [7, 11) is 0. The molecule has 0 amide bonds. The van der Waals surface area contributed by atoms with E-state index in [0.717, 1.165) is 11.3 Å². The lowest BCUT2D eigenvalue weighted by molar-refractivity contribution is 0.477. The van der Waals surface area contributed by atoms with E-state index in [1.54, 1.807) is 17.8 Å². The van der Waals surface area contributed by atoms with Gasteiger partial charge in [0.25, 0.3) is 0 Å². The Morgan fingerprint density at radius 3 is 2.44 bits per heavy atom. The largest absolute Gasteiger partial charge is 0.456 e. The minimum absolute atomic E-state index is 0.559. The molecular weight excluding hydrogens is 242 g/mol. The Balaban J connectivity index is 2.31. The summed E-state index contributed by atoms with van der Waals surface area (Å²) in [6.07, 6.45) is 2.03. The van der Waals surface area contributed by atoms with Gasteiger partial charge in [-0.2, -0.15) is 5.26 Å². The Kier molecular flexibility index (Phi) is 3.91. The molecule has 0 fully saturated rings. The predicted octanol–water partition coefficient (Wildman–Crippen LogP) is 4.38. The van der Waals surface area contributed by atoms with E-state index in [1.165, 1.54) is 4.90 Å². The van der Waals surface area contributed by atoms with Crippen molar-refractivity contribution in [3.63, 3.8) is 0 Å². The van der Waals surface area contributed by atoms with Gasteiger partial charge in [0.05, 0.1) is 5.56 Å². The lowest BCUT2D eigenvalue weighted by atomic mass is 10.1. The first-order valence-electron chi connectivity index (χ1n) is 5.56. The van der Waals surface area contributed by atoms with E-state index in [9.17, 15) is 0 Å². The van der Waals surface area contributed by atoms with Gasteiger partial charge < -0.3 is 4.74 Å². The molecule has 0 aliphatic rings. The highest BCUT2D eigenvalue weighted by molar-refractivity contribution is 7.98. The van der Waals surface area contributed by atoms with Gasteiger partial charge in [0.2, 0.25) is 0 Å². The summed E-state index contributed by atoms with van der Waals surface area (Å²) in [6, 6.07) is 15.5. The highest BCUT2D eigenvalue weighted by atomic mass is 32.2. The van der Waals surface area contributed by atoms with E-state index >= 15 is 0 Å². The van der Waals surface area contributed by atoms with Crippen molar-refractivity contribution in [2.45, 2.75) is 11.8 Å². The Morgan fingerprint density at radius 1 is 1.11 bits per heavy atom. The van der Waals surface area contributed by atoms with Crippen molar-refractivity contribution >= 4 is 11.8 Å². The maximum atomic E-state index is 9.07. The summed E-state index contributed by atoms with van der Waals surface area (Å²) < 4.78 is 5.80. The van der Waals surface area contributed by atoms with Crippen LogP contribution in [-0.2, 0) is 0 Å². The maximum Gasteiger partial charge on any atom is 0.148 e. The van der Waals surface area contributed by atoms with E-state index in [2.05, 4.69) is 6.07 Å². The summed E-state index contributed by atoms with van der Waals surface area (Å²) in [6.45, 7) is 1.94. The molecule has 0 bridgehead atoms. The molecule has 2 rings (SSSR count). The van der Waals surface area contributed by atoms with Crippen LogP contribution in [0.25, 0.3) is 0 Å². The van der Waals surface area contributed by atoms with Crippen molar-refractivity contribution in [3.05, 3.63) is 53.6 Å². The third-order valence-corrected chi connectivity index (χ3v) is 3.36. The number of benzene rings is 2. The summed E-state index contributed by atoms with van der Waals surface area (Å²) in [5.74, 6) is 1.38. The molecule has 18 heavy (non-hydrogen) atoms. The Hall–Kier alpha value is -1.92. The van der Waals surface area contributed by atoms with Crippen molar-refractivity contribution in [2.24, 2.45) is 0 Å². The lowest BCUT2D eigenvalue weighted by Crippen LogP contribution is -1.91. The number of hydrogen-bond acceptors (Lipinski definition) is 3. The summed E-state index contributed by atoms with van der Waals surface area (Å²) in [5, 5.41) is 9.07. The molecule has 0 saturated heterocycles. The molecule has 0 aliphatic carbocycles. The van der Waals surface area contributed by atoms with Gasteiger partial charge in [0.1, 0.15) is 17.6 Å². The molecule has 0 heterocycles. The number of aryl methyl sites for hydroxylation is 1. The summed E-state index contributed by atoms with van der Waals surface area (Å²) in [5.41, 5.74) is 1.52. The molecule has 90 valence electrons. The molecule has 0 aromatic heterocycles. The Bertz CT molecular complexity index is 584. The van der Waals surface area contributed by atoms with Crippen LogP contribution in [0.5, 0.6) is 11.5 Å². The van der Waals surface area contributed by atoms with Crippen LogP contribution in [0.3, 0.4) is 0 Å². The van der Waals surface area contributed by atoms with Crippen LogP contribution in [0.1, 0.15) is 11.1 Å². The normalized spacial score (nSPS) is 9.83. The number of nitrogens with zero attached hydrogens (tertiary/aromatic N) is 1. The van der Waals surface area contributed by atoms with Gasteiger partial charge >= 0.3 is 0 Å². The van der Waals surface area contributed by atoms with Crippen LogP contribution >= 0.6 is 11.8 Å². The lowest BCUT2D eigenvalue weighted by Gasteiger charge is -2.10. The second-order valence-electron chi connectivity index (χ2n) is 3.84. The van der Waals surface area contributed by atoms with E-state index < -0.39 is 0 Å². The van der Waals surface area contributed by atoms with E-state index in [1.807, 2.05) is 49.6 Å². The second kappa shape index (κ2) is 5.61. The fraction of sp³-hybridized carbons (Fsp3) is 0.133. The number of hydrogen-bond donors (Lipinski definition) is 0. The van der Waals surface area contributed by atoms with Gasteiger partial charge in [0.15, 0.2) is 0 Å². The number of ether oxygens (including phenoxy) is 1. The van der Waals surface area contributed by atoms with E-state index in [-0.39, 0.29) is 0 Å². The zero-order valence-corrected chi connectivity index (χ0v) is 11.1. The molecule has 0 spiro atoms. The Morgan fingerprint density at radius 2 is 1.83 bits per heavy atom. The average molecular weight is 255 g/mol. The maximum absolute atomic E-state index is 9.07. The van der Waals surface area contributed by atoms with Crippen molar-refractivity contribution in [2.75, 3.05) is 6.26 Å². The minimum Gasteiger partial charge on any atom is -0.456 e. The standard InChI is InChI=1S/C15H13NOS/c1-11-4-3-5-12(10-16)15(11)17-13-6-8-14(18-2)9-7-13/h3-9H,1-2H3. The average Bonchev–Trinajstić information content (AvgIpc) is 2.42. The van der Waals surface area contributed by atoms with Gasteiger partial charge in [-0.3, -0.25) is 0 Å². The van der Waals surface area contributed by atoms with Crippen LogP contribution in [-0.4, -0.2) is 6.26 Å². The first-order valence-corrected chi connectivity index (χ1v) is 6.78. The van der Waals surface area contributed by atoms with Crippen molar-refractivity contribution < 1.29 is 4.74 Å². The number of rotatable bonds is 3. The zero-order valence-electron chi connectivity index (χ0n) is 10.3. The fourth-order valence-electron chi connectivity index (χ4n) is 1.64. The molecule has 0 saturated carbocycles. The van der Waals surface area contributed by atoms with Crippen LogP contribution in [0, 0.1) is 18.3 Å². The molecule has 2 aromatic carbocycles. The van der Waals surface area contributed by atoms with Crippen LogP contribution in [0.4, 0.5) is 0 Å². The predicted molar refractivity (Wildman–Crippen MR) is 74.2 cm³/mol. The first kappa shape index (κ1) is 12.5. The number of thioether (sulfide) groups is 1. The minimum atomic E-state index is 0.559. The van der Waals surface area contributed by atoms with Gasteiger partial charge in [-0.25, -0.2) is 0 Å². The topological polar surface area (TPSA) is 33.0 Å². The molecule has 3 heteroatoms. The van der Waals surface area contributed by atoms with Crippen LogP contribution < -0.4 is 4.74 Å². The van der Waals surface area contributed by atoms with E-state index in [4.69, 9.17) is 10.00 Å². The van der Waals surface area contributed by atoms with E-state index in [0.29, 0.717) is 11.3 Å². The third-order valence-electron chi connectivity index (χ3n) is 2.61. The molecular formula is C15H13NOS. The van der Waals surface area contributed by atoms with Gasteiger partial charge in [-0.15, -0.1) is 11.8 Å². The molecule has 0 unspecified atom stereocenters. The molecule has 0 N–H and O–H groups in total. The van der Waals surface area contributed by atoms with Gasteiger partial charge in [-0.1, -0.05) is 12.1 Å².